The molecule has 0 aliphatic carbocycles. The van der Waals surface area contributed by atoms with E-state index in [0.29, 0.717) is 5.92 Å². The van der Waals surface area contributed by atoms with Crippen LogP contribution in [0.25, 0.3) is 0 Å². The van der Waals surface area contributed by atoms with Crippen molar-refractivity contribution >= 4 is 0 Å². The fraction of sp³-hybridized carbons (Fsp3) is 0.846. The monoisotopic (exact) mass is 200 g/mol. The topological polar surface area (TPSA) is 20.2 Å². The highest BCUT2D eigenvalue weighted by molar-refractivity contribution is 4.89. The molecule has 0 radical (unpaired) electrons. The number of hydrogen-bond acceptors (Lipinski definition) is 1. The van der Waals surface area contributed by atoms with Crippen LogP contribution in [-0.4, -0.2) is 10.7 Å². The number of allylic oxidation sites excluding steroid dienone is 1. The van der Waals surface area contributed by atoms with Crippen LogP contribution in [0.5, 0.6) is 0 Å². The molecule has 0 fully saturated rings. The summed E-state index contributed by atoms with van der Waals surface area (Å²) in [6.45, 7) is 14.4. The molecule has 0 rings (SSSR count). The number of hydrogen-bond donors (Lipinski definition) is 1. The lowest BCUT2D eigenvalue weighted by atomic mass is 10.0. The van der Waals surface area contributed by atoms with Gasteiger partial charge in [0.05, 0.1) is 5.60 Å². The minimum absolute atomic E-state index is 0.550. The second-order valence-electron chi connectivity index (χ2n) is 5.42. The van der Waals surface area contributed by atoms with Crippen molar-refractivity contribution in [3.8, 4) is 0 Å². The van der Waals surface area contributed by atoms with Crippen LogP contribution >= 0.6 is 0 Å². The van der Waals surface area contributed by atoms with Crippen molar-refractivity contribution < 1.29 is 5.11 Å². The number of rotatable bonds is 3. The fourth-order valence-corrected chi connectivity index (χ4v) is 0.629. The molecule has 0 bridgehead atoms. The molecule has 1 nitrogen and oxygen atoms in total. The Balaban J connectivity index is 0. The first-order chi connectivity index (χ1) is 6.15. The largest absolute Gasteiger partial charge is 0.390 e. The molecule has 0 aliphatic rings. The first-order valence-electron chi connectivity index (χ1n) is 5.54. The van der Waals surface area contributed by atoms with Crippen LogP contribution in [0.1, 0.15) is 54.9 Å². The van der Waals surface area contributed by atoms with E-state index in [1.54, 1.807) is 0 Å². The third-order valence-electron chi connectivity index (χ3n) is 1.14. The standard InChI is InChI=1S/C9H18O.C4H10/c1-8(2)6-5-7-9(3,4)10;1-4(2)3/h5-6,8,10H,7H2,1-4H3;4H,1-3H3/b6-5+;. The molecule has 0 aromatic carbocycles. The van der Waals surface area contributed by atoms with Gasteiger partial charge >= 0.3 is 0 Å². The van der Waals surface area contributed by atoms with E-state index in [1.165, 1.54) is 0 Å². The average molecular weight is 200 g/mol. The molecule has 0 atom stereocenters. The molecule has 0 aliphatic heterocycles. The van der Waals surface area contributed by atoms with Crippen LogP contribution in [0.3, 0.4) is 0 Å². The molecule has 0 saturated carbocycles. The molecular formula is C13H28O. The SMILES string of the molecule is CC(C)/C=C/CC(C)(C)O.CC(C)C. The Hall–Kier alpha value is -0.300. The lowest BCUT2D eigenvalue weighted by Crippen LogP contribution is -2.16. The van der Waals surface area contributed by atoms with Crippen molar-refractivity contribution in [2.45, 2.75) is 60.5 Å². The van der Waals surface area contributed by atoms with Gasteiger partial charge in [0.25, 0.3) is 0 Å². The van der Waals surface area contributed by atoms with Gasteiger partial charge in [0.1, 0.15) is 0 Å². The highest BCUT2D eigenvalue weighted by Gasteiger charge is 2.08. The summed E-state index contributed by atoms with van der Waals surface area (Å²) in [4.78, 5) is 0. The minimum Gasteiger partial charge on any atom is -0.390 e. The first kappa shape index (κ1) is 16.1. The van der Waals surface area contributed by atoms with Gasteiger partial charge in [0.15, 0.2) is 0 Å². The lowest BCUT2D eigenvalue weighted by molar-refractivity contribution is 0.0838. The summed E-state index contributed by atoms with van der Waals surface area (Å²) in [5.74, 6) is 1.42. The van der Waals surface area contributed by atoms with Crippen LogP contribution < -0.4 is 0 Å². The van der Waals surface area contributed by atoms with Gasteiger partial charge in [-0.1, -0.05) is 46.8 Å². The third-order valence-corrected chi connectivity index (χ3v) is 1.14. The fourth-order valence-electron chi connectivity index (χ4n) is 0.629. The van der Waals surface area contributed by atoms with Crippen molar-refractivity contribution in [3.63, 3.8) is 0 Å². The minimum atomic E-state index is -0.550. The van der Waals surface area contributed by atoms with Crippen LogP contribution in [0.2, 0.25) is 0 Å². The molecule has 0 aromatic heterocycles. The second-order valence-corrected chi connectivity index (χ2v) is 5.42. The molecule has 0 heterocycles. The van der Waals surface area contributed by atoms with Gasteiger partial charge in [-0.2, -0.15) is 0 Å². The van der Waals surface area contributed by atoms with E-state index in [-0.39, 0.29) is 0 Å². The zero-order valence-corrected chi connectivity index (χ0v) is 11.0. The van der Waals surface area contributed by atoms with Crippen molar-refractivity contribution in [1.82, 2.24) is 0 Å². The van der Waals surface area contributed by atoms with Gasteiger partial charge < -0.3 is 5.11 Å². The summed E-state index contributed by atoms with van der Waals surface area (Å²) in [5, 5.41) is 9.28. The van der Waals surface area contributed by atoms with E-state index in [1.807, 2.05) is 19.9 Å². The Bertz CT molecular complexity index is 135. The summed E-state index contributed by atoms with van der Waals surface area (Å²) in [7, 11) is 0. The van der Waals surface area contributed by atoms with Gasteiger partial charge in [0, 0.05) is 0 Å². The van der Waals surface area contributed by atoms with E-state index in [2.05, 4.69) is 40.7 Å². The maximum Gasteiger partial charge on any atom is 0.0626 e. The molecule has 0 amide bonds. The van der Waals surface area contributed by atoms with Gasteiger partial charge in [-0.3, -0.25) is 0 Å². The van der Waals surface area contributed by atoms with Crippen molar-refractivity contribution in [2.24, 2.45) is 11.8 Å². The van der Waals surface area contributed by atoms with E-state index < -0.39 is 5.60 Å². The zero-order chi connectivity index (χ0) is 11.8. The predicted molar refractivity (Wildman–Crippen MR) is 65.4 cm³/mol. The van der Waals surface area contributed by atoms with E-state index in [9.17, 15) is 5.11 Å². The Morgan fingerprint density at radius 1 is 1.07 bits per heavy atom. The van der Waals surface area contributed by atoms with E-state index in [4.69, 9.17) is 0 Å². The predicted octanol–water partition coefficient (Wildman–Crippen LogP) is 4.02. The molecule has 86 valence electrons. The molecule has 0 unspecified atom stereocenters. The highest BCUT2D eigenvalue weighted by Crippen LogP contribution is 2.08. The molecule has 1 N–H and O–H groups in total. The quantitative estimate of drug-likeness (QED) is 0.682. The molecule has 14 heavy (non-hydrogen) atoms. The summed E-state index contributed by atoms with van der Waals surface area (Å²) >= 11 is 0. The Kier molecular flexibility index (Phi) is 9.28. The molecular weight excluding hydrogens is 172 g/mol. The zero-order valence-electron chi connectivity index (χ0n) is 11.0. The molecule has 1 heteroatoms. The Morgan fingerprint density at radius 2 is 1.43 bits per heavy atom. The van der Waals surface area contributed by atoms with E-state index >= 15 is 0 Å². The average Bonchev–Trinajstić information content (AvgIpc) is 1.80. The van der Waals surface area contributed by atoms with E-state index in [0.717, 1.165) is 12.3 Å². The highest BCUT2D eigenvalue weighted by atomic mass is 16.3. The molecule has 0 aromatic rings. The maximum atomic E-state index is 9.28. The van der Waals surface area contributed by atoms with Crippen LogP contribution in [0.15, 0.2) is 12.2 Å². The van der Waals surface area contributed by atoms with Gasteiger partial charge in [-0.15, -0.1) is 0 Å². The number of aliphatic hydroxyl groups is 1. The van der Waals surface area contributed by atoms with Crippen LogP contribution in [0.4, 0.5) is 0 Å². The Morgan fingerprint density at radius 3 is 1.64 bits per heavy atom. The summed E-state index contributed by atoms with van der Waals surface area (Å²) in [6.07, 6.45) is 4.88. The normalized spacial score (nSPS) is 12.1. The van der Waals surface area contributed by atoms with Crippen molar-refractivity contribution in [1.29, 1.82) is 0 Å². The first-order valence-corrected chi connectivity index (χ1v) is 5.54. The summed E-state index contributed by atoms with van der Waals surface area (Å²) in [6, 6.07) is 0. The van der Waals surface area contributed by atoms with Gasteiger partial charge in [-0.05, 0) is 32.1 Å². The second kappa shape index (κ2) is 8.05. The smallest absolute Gasteiger partial charge is 0.0626 e. The van der Waals surface area contributed by atoms with Crippen LogP contribution in [-0.2, 0) is 0 Å². The maximum absolute atomic E-state index is 9.28. The molecule has 0 spiro atoms. The molecule has 0 saturated heterocycles. The summed E-state index contributed by atoms with van der Waals surface area (Å²) < 4.78 is 0. The van der Waals surface area contributed by atoms with Crippen LogP contribution in [0, 0.1) is 11.8 Å². The van der Waals surface area contributed by atoms with Gasteiger partial charge in [-0.25, -0.2) is 0 Å². The van der Waals surface area contributed by atoms with Crippen molar-refractivity contribution in [2.75, 3.05) is 0 Å². The van der Waals surface area contributed by atoms with Gasteiger partial charge in [0.2, 0.25) is 0 Å². The third kappa shape index (κ3) is 29.8. The van der Waals surface area contributed by atoms with Crippen molar-refractivity contribution in [3.05, 3.63) is 12.2 Å². The lowest BCUT2D eigenvalue weighted by Gasteiger charge is -2.13. The summed E-state index contributed by atoms with van der Waals surface area (Å²) in [5.41, 5.74) is -0.550. The Labute approximate surface area is 90.2 Å².